The van der Waals surface area contributed by atoms with E-state index in [0.717, 1.165) is 0 Å². The molecule has 8 heteroatoms. The average molecular weight is 408 g/mol. The quantitative estimate of drug-likeness (QED) is 0.726. The standard InChI is InChI=1S/C17H15BrFN3O3/c1-21-16-15(17(24)22(21)2)13(8-3-4-10(19)9(18)5-8)14-11(20-16)6-25-7-12(14)23/h3-5,13-14H,6-7H2,1-2H3. The maximum absolute atomic E-state index is 13.7. The molecular weight excluding hydrogens is 393 g/mol. The minimum atomic E-state index is -0.561. The third-order valence-electron chi connectivity index (χ3n) is 4.92. The minimum absolute atomic E-state index is 0.00890. The lowest BCUT2D eigenvalue weighted by Gasteiger charge is -2.33. The lowest BCUT2D eigenvalue weighted by atomic mass is 9.74. The van der Waals surface area contributed by atoms with Crippen LogP contribution < -0.4 is 5.56 Å². The van der Waals surface area contributed by atoms with Gasteiger partial charge in [0.2, 0.25) is 0 Å². The average Bonchev–Trinajstić information content (AvgIpc) is 2.80. The van der Waals surface area contributed by atoms with Crippen molar-refractivity contribution in [1.29, 1.82) is 0 Å². The van der Waals surface area contributed by atoms with Gasteiger partial charge in [0, 0.05) is 20.0 Å². The smallest absolute Gasteiger partial charge is 0.272 e. The molecule has 2 unspecified atom stereocenters. The van der Waals surface area contributed by atoms with Gasteiger partial charge in [0.25, 0.3) is 5.56 Å². The zero-order chi connectivity index (χ0) is 17.9. The summed E-state index contributed by atoms with van der Waals surface area (Å²) in [4.78, 5) is 29.9. The summed E-state index contributed by atoms with van der Waals surface area (Å²) in [6.07, 6.45) is 0. The summed E-state index contributed by atoms with van der Waals surface area (Å²) in [6, 6.07) is 4.58. The Kier molecular flexibility index (Phi) is 3.77. The molecule has 130 valence electrons. The van der Waals surface area contributed by atoms with Gasteiger partial charge in [0.15, 0.2) is 11.6 Å². The molecule has 1 aromatic carbocycles. The monoisotopic (exact) mass is 407 g/mol. The normalized spacial score (nSPS) is 22.4. The second-order valence-electron chi connectivity index (χ2n) is 6.28. The summed E-state index contributed by atoms with van der Waals surface area (Å²) >= 11 is 3.19. The molecule has 0 aliphatic carbocycles. The molecule has 0 saturated carbocycles. The van der Waals surface area contributed by atoms with Gasteiger partial charge in [-0.2, -0.15) is 0 Å². The van der Waals surface area contributed by atoms with E-state index < -0.39 is 17.7 Å². The number of carbonyl (C=O) groups excluding carboxylic acids is 1. The number of ketones is 1. The first-order valence-corrected chi connectivity index (χ1v) is 8.58. The van der Waals surface area contributed by atoms with Crippen LogP contribution in [0.15, 0.2) is 32.5 Å². The first kappa shape index (κ1) is 16.4. The summed E-state index contributed by atoms with van der Waals surface area (Å²) in [5.41, 5.74) is 1.57. The van der Waals surface area contributed by atoms with Crippen LogP contribution in [0.3, 0.4) is 0 Å². The van der Waals surface area contributed by atoms with Crippen molar-refractivity contribution in [1.82, 2.24) is 9.36 Å². The highest BCUT2D eigenvalue weighted by Gasteiger charge is 2.44. The van der Waals surface area contributed by atoms with Crippen LogP contribution in [0, 0.1) is 11.7 Å². The van der Waals surface area contributed by atoms with Crippen molar-refractivity contribution in [3.8, 4) is 0 Å². The van der Waals surface area contributed by atoms with Crippen molar-refractivity contribution in [2.45, 2.75) is 5.92 Å². The van der Waals surface area contributed by atoms with E-state index in [1.807, 2.05) is 0 Å². The molecule has 2 aliphatic heterocycles. The van der Waals surface area contributed by atoms with Crippen LogP contribution in [-0.4, -0.2) is 34.1 Å². The fourth-order valence-corrected chi connectivity index (χ4v) is 3.99. The third kappa shape index (κ3) is 2.35. The zero-order valence-corrected chi connectivity index (χ0v) is 15.2. The topological polar surface area (TPSA) is 65.6 Å². The molecule has 0 spiro atoms. The number of aliphatic imine (C=N–C) groups is 1. The molecule has 25 heavy (non-hydrogen) atoms. The number of carbonyl (C=O) groups is 1. The van der Waals surface area contributed by atoms with Gasteiger partial charge in [-0.15, -0.1) is 0 Å². The van der Waals surface area contributed by atoms with Gasteiger partial charge in [-0.3, -0.25) is 19.0 Å². The van der Waals surface area contributed by atoms with Crippen LogP contribution in [-0.2, 0) is 23.6 Å². The molecule has 6 nitrogen and oxygen atoms in total. The van der Waals surface area contributed by atoms with Gasteiger partial charge in [0.1, 0.15) is 12.4 Å². The summed E-state index contributed by atoms with van der Waals surface area (Å²) < 4.78 is 22.4. The summed E-state index contributed by atoms with van der Waals surface area (Å²) in [6.45, 7) is 0.239. The number of fused-ring (bicyclic) bond motifs is 2. The molecule has 0 bridgehead atoms. The van der Waals surface area contributed by atoms with Crippen LogP contribution >= 0.6 is 15.9 Å². The third-order valence-corrected chi connectivity index (χ3v) is 5.53. The maximum Gasteiger partial charge on any atom is 0.272 e. The maximum atomic E-state index is 13.7. The van der Waals surface area contributed by atoms with Crippen LogP contribution in [0.5, 0.6) is 0 Å². The molecule has 0 N–H and O–H groups in total. The van der Waals surface area contributed by atoms with Gasteiger partial charge in [-0.05, 0) is 33.6 Å². The predicted molar refractivity (Wildman–Crippen MR) is 93.0 cm³/mol. The van der Waals surface area contributed by atoms with E-state index in [1.165, 1.54) is 10.7 Å². The molecule has 1 fully saturated rings. The summed E-state index contributed by atoms with van der Waals surface area (Å²) in [5, 5.41) is 0. The highest BCUT2D eigenvalue weighted by molar-refractivity contribution is 9.10. The molecule has 2 atom stereocenters. The number of halogens is 2. The van der Waals surface area contributed by atoms with E-state index in [0.29, 0.717) is 27.1 Å². The van der Waals surface area contributed by atoms with Crippen molar-refractivity contribution < 1.29 is 13.9 Å². The van der Waals surface area contributed by atoms with Crippen molar-refractivity contribution in [2.75, 3.05) is 13.2 Å². The fraction of sp³-hybridized carbons (Fsp3) is 0.353. The summed E-state index contributed by atoms with van der Waals surface area (Å²) in [7, 11) is 3.40. The summed E-state index contributed by atoms with van der Waals surface area (Å²) in [5.74, 6) is -1.06. The molecular formula is C17H15BrFN3O3. The largest absolute Gasteiger partial charge is 0.368 e. The van der Waals surface area contributed by atoms with Crippen LogP contribution in [0.1, 0.15) is 17.0 Å². The van der Waals surface area contributed by atoms with Crippen LogP contribution in [0.25, 0.3) is 0 Å². The van der Waals surface area contributed by atoms with Crippen molar-refractivity contribution in [3.63, 3.8) is 0 Å². The van der Waals surface area contributed by atoms with E-state index >= 15 is 0 Å². The predicted octanol–water partition coefficient (Wildman–Crippen LogP) is 2.06. The van der Waals surface area contributed by atoms with Gasteiger partial charge >= 0.3 is 0 Å². The lowest BCUT2D eigenvalue weighted by molar-refractivity contribution is -0.127. The molecule has 0 amide bonds. The van der Waals surface area contributed by atoms with E-state index in [9.17, 15) is 14.0 Å². The van der Waals surface area contributed by atoms with Crippen LogP contribution in [0.2, 0.25) is 0 Å². The fourth-order valence-electron chi connectivity index (χ4n) is 3.60. The number of hydrogen-bond acceptors (Lipinski definition) is 4. The SMILES string of the molecule is Cn1c2c(c(=O)n1C)C(c1ccc(F)c(Br)c1)C1C(=O)COCC1=N2. The number of hydrogen-bond donors (Lipinski definition) is 0. The Morgan fingerprint density at radius 1 is 1.20 bits per heavy atom. The Bertz CT molecular complexity index is 992. The first-order valence-electron chi connectivity index (χ1n) is 7.79. The van der Waals surface area contributed by atoms with Crippen LogP contribution in [0.4, 0.5) is 10.2 Å². The number of benzene rings is 1. The molecule has 2 aliphatic rings. The molecule has 4 rings (SSSR count). The van der Waals surface area contributed by atoms with Crippen molar-refractivity contribution in [3.05, 3.63) is 50.0 Å². The first-order chi connectivity index (χ1) is 11.9. The molecule has 1 saturated heterocycles. The molecule has 2 aromatic rings. The lowest BCUT2D eigenvalue weighted by Crippen LogP contribution is -2.43. The number of rotatable bonds is 1. The Labute approximate surface area is 151 Å². The van der Waals surface area contributed by atoms with Gasteiger partial charge < -0.3 is 4.74 Å². The minimum Gasteiger partial charge on any atom is -0.368 e. The van der Waals surface area contributed by atoms with E-state index in [-0.39, 0.29) is 24.6 Å². The van der Waals surface area contributed by atoms with E-state index in [2.05, 4.69) is 20.9 Å². The van der Waals surface area contributed by atoms with Gasteiger partial charge in [-0.25, -0.2) is 9.38 Å². The zero-order valence-electron chi connectivity index (χ0n) is 13.6. The number of aromatic nitrogens is 2. The van der Waals surface area contributed by atoms with E-state index in [4.69, 9.17) is 4.74 Å². The molecule has 3 heterocycles. The Morgan fingerprint density at radius 2 is 1.96 bits per heavy atom. The molecule has 1 aromatic heterocycles. The van der Waals surface area contributed by atoms with Gasteiger partial charge in [0.05, 0.1) is 28.3 Å². The van der Waals surface area contributed by atoms with Gasteiger partial charge in [-0.1, -0.05) is 6.07 Å². The van der Waals surface area contributed by atoms with Crippen molar-refractivity contribution >= 4 is 33.2 Å². The number of nitrogens with zero attached hydrogens (tertiary/aromatic N) is 3. The molecule has 0 radical (unpaired) electrons. The highest BCUT2D eigenvalue weighted by Crippen LogP contribution is 2.42. The Balaban J connectivity index is 2.01. The van der Waals surface area contributed by atoms with Crippen molar-refractivity contribution in [2.24, 2.45) is 25.0 Å². The Morgan fingerprint density at radius 3 is 2.68 bits per heavy atom. The second kappa shape index (κ2) is 5.74. The second-order valence-corrected chi connectivity index (χ2v) is 7.14. The van der Waals surface area contributed by atoms with E-state index in [1.54, 1.807) is 30.9 Å². The number of ether oxygens (including phenoxy) is 1. The Hall–Kier alpha value is -2.06. The highest BCUT2D eigenvalue weighted by atomic mass is 79.9. The number of Topliss-reactive ketones (excluding diaryl/α,β-unsaturated/α-hetero) is 1.